The molecule has 154 valence electrons. The number of furan rings is 1. The van der Waals surface area contributed by atoms with Crippen LogP contribution >= 0.6 is 11.7 Å². The summed E-state index contributed by atoms with van der Waals surface area (Å²) in [6.45, 7) is 6.83. The van der Waals surface area contributed by atoms with Gasteiger partial charge in [0.2, 0.25) is 0 Å². The summed E-state index contributed by atoms with van der Waals surface area (Å²) in [7, 11) is 3.27. The molecular weight excluding hydrogens is 390 g/mol. The monoisotopic (exact) mass is 415 g/mol. The minimum atomic E-state index is -0.284. The Bertz CT molecular complexity index is 1000. The highest BCUT2D eigenvalue weighted by atomic mass is 32.1. The van der Waals surface area contributed by atoms with Gasteiger partial charge in [0.25, 0.3) is 5.91 Å². The summed E-state index contributed by atoms with van der Waals surface area (Å²) in [5.74, 6) is 1.37. The van der Waals surface area contributed by atoms with Crippen molar-refractivity contribution in [2.45, 2.75) is 32.7 Å². The van der Waals surface area contributed by atoms with E-state index in [4.69, 9.17) is 4.42 Å². The molecule has 0 aliphatic carbocycles. The predicted octanol–water partition coefficient (Wildman–Crippen LogP) is 4.19. The van der Waals surface area contributed by atoms with E-state index in [9.17, 15) is 9.90 Å². The van der Waals surface area contributed by atoms with E-state index in [1.54, 1.807) is 38.6 Å². The number of nitrogens with one attached hydrogen (secondary N) is 2. The molecule has 0 saturated carbocycles. The molecule has 2 aromatic heterocycles. The van der Waals surface area contributed by atoms with Crippen LogP contribution in [0.15, 0.2) is 34.9 Å². The number of carbonyl (C=O) groups is 1. The molecule has 0 atom stereocenters. The summed E-state index contributed by atoms with van der Waals surface area (Å²) in [4.78, 5) is 13.6. The number of para-hydroxylation sites is 1. The Morgan fingerprint density at radius 1 is 1.24 bits per heavy atom. The van der Waals surface area contributed by atoms with Crippen molar-refractivity contribution in [1.29, 1.82) is 0 Å². The number of phenolic OH excluding ortho intramolecular Hbond substituents is 1. The Kier molecular flexibility index (Phi) is 5.78. The van der Waals surface area contributed by atoms with Crippen molar-refractivity contribution in [1.82, 2.24) is 13.6 Å². The van der Waals surface area contributed by atoms with Crippen molar-refractivity contribution in [3.05, 3.63) is 47.4 Å². The van der Waals surface area contributed by atoms with E-state index in [-0.39, 0.29) is 22.6 Å². The van der Waals surface area contributed by atoms with Gasteiger partial charge in [0.05, 0.1) is 35.8 Å². The van der Waals surface area contributed by atoms with Crippen molar-refractivity contribution in [3.8, 4) is 5.75 Å². The second-order valence-corrected chi connectivity index (χ2v) is 8.42. The predicted molar refractivity (Wildman–Crippen MR) is 114 cm³/mol. The normalized spacial score (nSPS) is 11.3. The third-order valence-electron chi connectivity index (χ3n) is 4.36. The number of phenols is 1. The number of rotatable bonds is 6. The fourth-order valence-electron chi connectivity index (χ4n) is 2.61. The number of aromatic nitrogens is 2. The molecule has 0 radical (unpaired) electrons. The summed E-state index contributed by atoms with van der Waals surface area (Å²) in [6.07, 6.45) is 1.76. The largest absolute Gasteiger partial charge is 0.505 e. The van der Waals surface area contributed by atoms with Crippen molar-refractivity contribution in [2.24, 2.45) is 0 Å². The third kappa shape index (κ3) is 4.68. The van der Waals surface area contributed by atoms with Gasteiger partial charge in [-0.05, 0) is 29.2 Å². The SMILES string of the molecule is CN(C)C(=O)c1cccc(Nc2nsnc2NCc2cc(C(C)(C)C)co2)c1O. The molecule has 0 spiro atoms. The Morgan fingerprint density at radius 2 is 1.97 bits per heavy atom. The quantitative estimate of drug-likeness (QED) is 0.519. The lowest BCUT2D eigenvalue weighted by Crippen LogP contribution is -2.21. The first-order valence-electron chi connectivity index (χ1n) is 9.12. The maximum Gasteiger partial charge on any atom is 0.257 e. The first-order chi connectivity index (χ1) is 13.7. The van der Waals surface area contributed by atoms with Crippen LogP contribution in [0.4, 0.5) is 17.3 Å². The minimum absolute atomic E-state index is 0.0171. The van der Waals surface area contributed by atoms with Crippen LogP contribution in [0.5, 0.6) is 5.75 Å². The summed E-state index contributed by atoms with van der Waals surface area (Å²) in [5.41, 5.74) is 1.73. The van der Waals surface area contributed by atoms with E-state index >= 15 is 0 Å². The van der Waals surface area contributed by atoms with Gasteiger partial charge in [-0.3, -0.25) is 4.79 Å². The first kappa shape index (κ1) is 20.7. The molecule has 2 heterocycles. The zero-order valence-electron chi connectivity index (χ0n) is 17.1. The molecule has 3 N–H and O–H groups in total. The zero-order chi connectivity index (χ0) is 21.2. The van der Waals surface area contributed by atoms with Gasteiger partial charge in [-0.1, -0.05) is 26.8 Å². The van der Waals surface area contributed by atoms with Crippen LogP contribution in [0.1, 0.15) is 42.5 Å². The number of carbonyl (C=O) groups excluding carboxylic acids is 1. The fourth-order valence-corrected chi connectivity index (χ4v) is 3.10. The van der Waals surface area contributed by atoms with Gasteiger partial charge >= 0.3 is 0 Å². The average molecular weight is 416 g/mol. The molecule has 8 nitrogen and oxygen atoms in total. The van der Waals surface area contributed by atoms with Gasteiger partial charge < -0.3 is 25.1 Å². The van der Waals surface area contributed by atoms with Crippen LogP contribution in [0, 0.1) is 0 Å². The summed E-state index contributed by atoms with van der Waals surface area (Å²) in [6, 6.07) is 6.96. The molecule has 9 heteroatoms. The lowest BCUT2D eigenvalue weighted by Gasteiger charge is -2.14. The molecule has 0 fully saturated rings. The molecule has 3 rings (SSSR count). The van der Waals surface area contributed by atoms with E-state index in [0.29, 0.717) is 23.9 Å². The maximum atomic E-state index is 12.2. The molecule has 0 bridgehead atoms. The Morgan fingerprint density at radius 3 is 2.62 bits per heavy atom. The van der Waals surface area contributed by atoms with Gasteiger partial charge in [0, 0.05) is 14.1 Å². The number of benzene rings is 1. The van der Waals surface area contributed by atoms with Crippen LogP contribution in [0.25, 0.3) is 0 Å². The van der Waals surface area contributed by atoms with Crippen LogP contribution in [-0.4, -0.2) is 38.8 Å². The minimum Gasteiger partial charge on any atom is -0.505 e. The lowest BCUT2D eigenvalue weighted by molar-refractivity contribution is 0.0824. The Balaban J connectivity index is 1.74. The van der Waals surface area contributed by atoms with E-state index in [2.05, 4.69) is 40.2 Å². The maximum absolute atomic E-state index is 12.2. The molecule has 29 heavy (non-hydrogen) atoms. The van der Waals surface area contributed by atoms with Gasteiger partial charge in [0.1, 0.15) is 5.76 Å². The van der Waals surface area contributed by atoms with Gasteiger partial charge in [0.15, 0.2) is 17.4 Å². The van der Waals surface area contributed by atoms with Crippen molar-refractivity contribution in [3.63, 3.8) is 0 Å². The van der Waals surface area contributed by atoms with E-state index in [0.717, 1.165) is 23.1 Å². The second-order valence-electron chi connectivity index (χ2n) is 7.89. The number of amides is 1. The van der Waals surface area contributed by atoms with Gasteiger partial charge in [-0.2, -0.15) is 8.75 Å². The highest BCUT2D eigenvalue weighted by Crippen LogP contribution is 2.33. The van der Waals surface area contributed by atoms with Gasteiger partial charge in [-0.15, -0.1) is 0 Å². The van der Waals surface area contributed by atoms with E-state index in [1.165, 1.54) is 4.90 Å². The topological polar surface area (TPSA) is 104 Å². The summed E-state index contributed by atoms with van der Waals surface area (Å²) >= 11 is 1.04. The van der Waals surface area contributed by atoms with Crippen molar-refractivity contribution >= 4 is 35.0 Å². The van der Waals surface area contributed by atoms with Crippen LogP contribution in [0.3, 0.4) is 0 Å². The van der Waals surface area contributed by atoms with E-state index in [1.807, 2.05) is 6.07 Å². The molecule has 0 unspecified atom stereocenters. The second kappa shape index (κ2) is 8.12. The molecular formula is C20H25N5O3S. The van der Waals surface area contributed by atoms with Gasteiger partial charge in [-0.25, -0.2) is 0 Å². The summed E-state index contributed by atoms with van der Waals surface area (Å²) in [5, 5.41) is 16.7. The molecule has 0 saturated heterocycles. The molecule has 0 aliphatic heterocycles. The number of nitrogens with zero attached hydrogens (tertiary/aromatic N) is 3. The van der Waals surface area contributed by atoms with Crippen molar-refractivity contribution < 1.29 is 14.3 Å². The van der Waals surface area contributed by atoms with Crippen LogP contribution in [0.2, 0.25) is 0 Å². The van der Waals surface area contributed by atoms with E-state index < -0.39 is 0 Å². The number of hydrogen-bond acceptors (Lipinski definition) is 8. The van der Waals surface area contributed by atoms with Crippen molar-refractivity contribution in [2.75, 3.05) is 24.7 Å². The highest BCUT2D eigenvalue weighted by Gasteiger charge is 2.19. The summed E-state index contributed by atoms with van der Waals surface area (Å²) < 4.78 is 14.1. The highest BCUT2D eigenvalue weighted by molar-refractivity contribution is 6.99. The zero-order valence-corrected chi connectivity index (χ0v) is 17.9. The number of anilines is 3. The number of aromatic hydroxyl groups is 1. The molecule has 1 aromatic carbocycles. The lowest BCUT2D eigenvalue weighted by atomic mass is 9.89. The smallest absolute Gasteiger partial charge is 0.257 e. The average Bonchev–Trinajstić information content (AvgIpc) is 3.30. The third-order valence-corrected chi connectivity index (χ3v) is 4.89. The van der Waals surface area contributed by atoms with Crippen LogP contribution in [-0.2, 0) is 12.0 Å². The molecule has 3 aromatic rings. The fraction of sp³-hybridized carbons (Fsp3) is 0.350. The van der Waals surface area contributed by atoms with Crippen LogP contribution < -0.4 is 10.6 Å². The number of hydrogen-bond donors (Lipinski definition) is 3. The molecule has 1 amide bonds. The Labute approximate surface area is 173 Å². The molecule has 0 aliphatic rings. The first-order valence-corrected chi connectivity index (χ1v) is 9.85. The Hall–Kier alpha value is -3.07. The standard InChI is InChI=1S/C20H25N5O3S/c1-20(2,3)12-9-13(28-11-12)10-21-17-18(24-29-23-17)22-15-8-6-7-14(16(15)26)19(27)25(4)5/h6-9,11,26H,10H2,1-5H3,(H,21,23)(H,22,24).